The fourth-order valence-electron chi connectivity index (χ4n) is 2.45. The molecule has 18 heavy (non-hydrogen) atoms. The first-order valence-electron chi connectivity index (χ1n) is 6.87. The number of hydrogen-bond donors (Lipinski definition) is 1. The molecule has 1 aromatic heterocycles. The summed E-state index contributed by atoms with van der Waals surface area (Å²) in [5.74, 6) is 0. The van der Waals surface area contributed by atoms with E-state index < -0.39 is 0 Å². The first kappa shape index (κ1) is 12.9. The minimum Gasteiger partial charge on any atom is -0.398 e. The standard InChI is InChI=1S/C16H22N2/c1-3-4-5-6-9-13-12(2)18-15-11-8-7-10-14(15)16(13)17/h7-8,10-11H,3-6,9H2,1-2H3,(H2,17,18). The Morgan fingerprint density at radius 1 is 1.11 bits per heavy atom. The second kappa shape index (κ2) is 5.85. The number of fused-ring (bicyclic) bond motifs is 1. The van der Waals surface area contributed by atoms with E-state index in [1.807, 2.05) is 18.2 Å². The number of aromatic nitrogens is 1. The number of nitrogen functional groups attached to an aromatic ring is 1. The molecule has 2 N–H and O–H groups in total. The van der Waals surface area contributed by atoms with Crippen LogP contribution in [0, 0.1) is 6.92 Å². The molecule has 0 aliphatic carbocycles. The molecule has 1 aromatic carbocycles. The first-order chi connectivity index (χ1) is 8.74. The number of rotatable bonds is 5. The molecule has 1 heterocycles. The number of anilines is 1. The summed E-state index contributed by atoms with van der Waals surface area (Å²) in [4.78, 5) is 4.66. The van der Waals surface area contributed by atoms with Gasteiger partial charge in [0.15, 0.2) is 0 Å². The molecule has 0 saturated heterocycles. The second-order valence-electron chi connectivity index (χ2n) is 4.92. The number of pyridine rings is 1. The second-order valence-corrected chi connectivity index (χ2v) is 4.92. The maximum Gasteiger partial charge on any atom is 0.0726 e. The van der Waals surface area contributed by atoms with Gasteiger partial charge in [-0.3, -0.25) is 4.98 Å². The molecule has 0 unspecified atom stereocenters. The summed E-state index contributed by atoms with van der Waals surface area (Å²) in [5, 5.41) is 1.09. The summed E-state index contributed by atoms with van der Waals surface area (Å²) in [6, 6.07) is 8.12. The SMILES string of the molecule is CCCCCCc1c(C)nc2ccccc2c1N. The lowest BCUT2D eigenvalue weighted by Gasteiger charge is -2.12. The highest BCUT2D eigenvalue weighted by molar-refractivity contribution is 5.92. The zero-order valence-corrected chi connectivity index (χ0v) is 11.4. The monoisotopic (exact) mass is 242 g/mol. The first-order valence-corrected chi connectivity index (χ1v) is 6.87. The molecule has 2 heteroatoms. The van der Waals surface area contributed by atoms with Gasteiger partial charge in [-0.25, -0.2) is 0 Å². The van der Waals surface area contributed by atoms with Crippen molar-refractivity contribution in [2.75, 3.05) is 5.73 Å². The highest BCUT2D eigenvalue weighted by Crippen LogP contribution is 2.26. The number of unbranched alkanes of at least 4 members (excludes halogenated alkanes) is 3. The normalized spacial score (nSPS) is 11.0. The lowest BCUT2D eigenvalue weighted by molar-refractivity contribution is 0.665. The number of hydrogen-bond acceptors (Lipinski definition) is 2. The van der Waals surface area contributed by atoms with Crippen LogP contribution in [0.5, 0.6) is 0 Å². The molecular weight excluding hydrogens is 220 g/mol. The molecule has 2 rings (SSSR count). The van der Waals surface area contributed by atoms with Crippen LogP contribution < -0.4 is 5.73 Å². The maximum atomic E-state index is 6.29. The highest BCUT2D eigenvalue weighted by atomic mass is 14.7. The van der Waals surface area contributed by atoms with Crippen molar-refractivity contribution in [3.63, 3.8) is 0 Å². The van der Waals surface area contributed by atoms with Gasteiger partial charge in [-0.15, -0.1) is 0 Å². The van der Waals surface area contributed by atoms with Crippen molar-refractivity contribution in [2.45, 2.75) is 46.0 Å². The van der Waals surface area contributed by atoms with E-state index >= 15 is 0 Å². The summed E-state index contributed by atoms with van der Waals surface area (Å²) in [6.07, 6.45) is 6.11. The maximum absolute atomic E-state index is 6.29. The lowest BCUT2D eigenvalue weighted by atomic mass is 10.0. The van der Waals surface area contributed by atoms with E-state index in [1.165, 1.54) is 31.2 Å². The van der Waals surface area contributed by atoms with Gasteiger partial charge in [0, 0.05) is 16.8 Å². The summed E-state index contributed by atoms with van der Waals surface area (Å²) in [5.41, 5.74) is 10.6. The summed E-state index contributed by atoms with van der Waals surface area (Å²) >= 11 is 0. The molecule has 0 fully saturated rings. The molecular formula is C16H22N2. The molecule has 0 radical (unpaired) electrons. The van der Waals surface area contributed by atoms with E-state index in [1.54, 1.807) is 0 Å². The van der Waals surface area contributed by atoms with Gasteiger partial charge in [0.25, 0.3) is 0 Å². The fourth-order valence-corrected chi connectivity index (χ4v) is 2.45. The number of nitrogens with two attached hydrogens (primary N) is 1. The van der Waals surface area contributed by atoms with Crippen molar-refractivity contribution in [1.82, 2.24) is 4.98 Å². The molecule has 2 nitrogen and oxygen atoms in total. The van der Waals surface area contributed by atoms with Crippen LogP contribution in [-0.2, 0) is 6.42 Å². The van der Waals surface area contributed by atoms with Crippen molar-refractivity contribution in [1.29, 1.82) is 0 Å². The Kier molecular flexibility index (Phi) is 4.19. The van der Waals surface area contributed by atoms with Crippen LogP contribution in [0.15, 0.2) is 24.3 Å². The van der Waals surface area contributed by atoms with Crippen molar-refractivity contribution in [3.8, 4) is 0 Å². The van der Waals surface area contributed by atoms with Gasteiger partial charge in [-0.2, -0.15) is 0 Å². The van der Waals surface area contributed by atoms with E-state index in [-0.39, 0.29) is 0 Å². The minimum atomic E-state index is 0.926. The van der Waals surface area contributed by atoms with Crippen LogP contribution in [-0.4, -0.2) is 4.98 Å². The number of nitrogens with zero attached hydrogens (tertiary/aromatic N) is 1. The van der Waals surface area contributed by atoms with Gasteiger partial charge in [0.1, 0.15) is 0 Å². The molecule has 0 saturated carbocycles. The van der Waals surface area contributed by atoms with Crippen molar-refractivity contribution < 1.29 is 0 Å². The van der Waals surface area contributed by atoms with Gasteiger partial charge in [0.05, 0.1) is 5.52 Å². The molecule has 96 valence electrons. The molecule has 2 aromatic rings. The van der Waals surface area contributed by atoms with Crippen molar-refractivity contribution in [2.24, 2.45) is 0 Å². The molecule has 0 aliphatic heterocycles. The van der Waals surface area contributed by atoms with E-state index in [4.69, 9.17) is 5.73 Å². The van der Waals surface area contributed by atoms with Crippen LogP contribution in [0.25, 0.3) is 10.9 Å². The van der Waals surface area contributed by atoms with Crippen LogP contribution in [0.2, 0.25) is 0 Å². The van der Waals surface area contributed by atoms with Gasteiger partial charge < -0.3 is 5.73 Å². The molecule has 0 amide bonds. The number of para-hydroxylation sites is 1. The quantitative estimate of drug-likeness (QED) is 0.796. The summed E-state index contributed by atoms with van der Waals surface area (Å²) in [6.45, 7) is 4.30. The van der Waals surface area contributed by atoms with Gasteiger partial charge >= 0.3 is 0 Å². The predicted molar refractivity (Wildman–Crippen MR) is 78.7 cm³/mol. The number of aryl methyl sites for hydroxylation is 1. The van der Waals surface area contributed by atoms with Gasteiger partial charge in [0.2, 0.25) is 0 Å². The average molecular weight is 242 g/mol. The fraction of sp³-hybridized carbons (Fsp3) is 0.438. The Morgan fingerprint density at radius 2 is 1.89 bits per heavy atom. The predicted octanol–water partition coefficient (Wildman–Crippen LogP) is 4.25. The largest absolute Gasteiger partial charge is 0.398 e. The smallest absolute Gasteiger partial charge is 0.0726 e. The number of benzene rings is 1. The van der Waals surface area contributed by atoms with Crippen LogP contribution in [0.3, 0.4) is 0 Å². The van der Waals surface area contributed by atoms with E-state index in [9.17, 15) is 0 Å². The third kappa shape index (κ3) is 2.63. The molecule has 0 bridgehead atoms. The molecule has 0 spiro atoms. The third-order valence-electron chi connectivity index (χ3n) is 3.52. The van der Waals surface area contributed by atoms with Gasteiger partial charge in [-0.05, 0) is 31.4 Å². The minimum absolute atomic E-state index is 0.926. The molecule has 0 aliphatic rings. The zero-order valence-electron chi connectivity index (χ0n) is 11.4. The highest BCUT2D eigenvalue weighted by Gasteiger charge is 2.09. The van der Waals surface area contributed by atoms with Crippen LogP contribution in [0.1, 0.15) is 43.9 Å². The van der Waals surface area contributed by atoms with E-state index in [0.717, 1.165) is 28.7 Å². The summed E-state index contributed by atoms with van der Waals surface area (Å²) in [7, 11) is 0. The Balaban J connectivity index is 2.27. The average Bonchev–Trinajstić information content (AvgIpc) is 2.38. The van der Waals surface area contributed by atoms with Crippen molar-refractivity contribution >= 4 is 16.6 Å². The van der Waals surface area contributed by atoms with Crippen LogP contribution >= 0.6 is 0 Å². The Morgan fingerprint density at radius 3 is 2.67 bits per heavy atom. The zero-order chi connectivity index (χ0) is 13.0. The third-order valence-corrected chi connectivity index (χ3v) is 3.52. The Hall–Kier alpha value is -1.57. The Bertz CT molecular complexity index is 532. The van der Waals surface area contributed by atoms with E-state index in [0.29, 0.717) is 0 Å². The Labute approximate surface area is 109 Å². The van der Waals surface area contributed by atoms with Crippen LogP contribution in [0.4, 0.5) is 5.69 Å². The topological polar surface area (TPSA) is 38.9 Å². The van der Waals surface area contributed by atoms with Crippen molar-refractivity contribution in [3.05, 3.63) is 35.5 Å². The summed E-state index contributed by atoms with van der Waals surface area (Å²) < 4.78 is 0. The lowest BCUT2D eigenvalue weighted by Crippen LogP contribution is -2.02. The van der Waals surface area contributed by atoms with Gasteiger partial charge in [-0.1, -0.05) is 44.4 Å². The van der Waals surface area contributed by atoms with E-state index in [2.05, 4.69) is 24.9 Å². The molecule has 0 atom stereocenters.